The number of rotatable bonds is 4. The highest BCUT2D eigenvalue weighted by molar-refractivity contribution is 6.25. The van der Waals surface area contributed by atoms with Gasteiger partial charge in [0.1, 0.15) is 11.5 Å². The summed E-state index contributed by atoms with van der Waals surface area (Å²) in [6.45, 7) is 2.00. The van der Waals surface area contributed by atoms with Gasteiger partial charge in [-0.25, -0.2) is 4.90 Å². The number of hydrogen-bond donors (Lipinski definition) is 0. The Labute approximate surface area is 214 Å². The summed E-state index contributed by atoms with van der Waals surface area (Å²) in [4.78, 5) is 53.6. The van der Waals surface area contributed by atoms with Crippen molar-refractivity contribution in [2.75, 3.05) is 11.9 Å². The fraction of sp³-hybridized carbons (Fsp3) is 0.200. The molecule has 4 amide bonds. The number of hydrogen-bond acceptors (Lipinski definition) is 5. The molecule has 3 atom stereocenters. The molecule has 7 nitrogen and oxygen atoms in total. The second-order valence-electron chi connectivity index (χ2n) is 9.71. The zero-order valence-corrected chi connectivity index (χ0v) is 20.4. The van der Waals surface area contributed by atoms with Crippen molar-refractivity contribution in [2.24, 2.45) is 17.8 Å². The number of ether oxygens (including phenoxy) is 1. The maximum absolute atomic E-state index is 13.4. The lowest BCUT2D eigenvalue weighted by molar-refractivity contribution is -0.135. The van der Waals surface area contributed by atoms with Crippen LogP contribution in [0.25, 0.3) is 0 Å². The SMILES string of the molecule is Cc1ccc(Oc2ccc(N3C(=O)C4C=CC(C5C=C6C(=O)N(C)C(=O)C6=CC5)=CC4C3=O)cc2)cc1. The average Bonchev–Trinajstić information content (AvgIpc) is 3.29. The summed E-state index contributed by atoms with van der Waals surface area (Å²) in [7, 11) is 1.47. The van der Waals surface area contributed by atoms with Crippen LogP contribution in [0.15, 0.2) is 95.6 Å². The first-order chi connectivity index (χ1) is 17.8. The fourth-order valence-electron chi connectivity index (χ4n) is 5.26. The Morgan fingerprint density at radius 3 is 2.11 bits per heavy atom. The molecule has 2 aromatic rings. The van der Waals surface area contributed by atoms with Crippen molar-refractivity contribution in [3.63, 3.8) is 0 Å². The lowest BCUT2D eigenvalue weighted by Crippen LogP contribution is -2.30. The molecule has 2 heterocycles. The van der Waals surface area contributed by atoms with Crippen LogP contribution in [-0.4, -0.2) is 35.6 Å². The Morgan fingerprint density at radius 1 is 0.784 bits per heavy atom. The molecule has 0 aromatic heterocycles. The van der Waals surface area contributed by atoms with E-state index in [0.29, 0.717) is 34.8 Å². The van der Waals surface area contributed by atoms with Crippen molar-refractivity contribution in [3.05, 3.63) is 101 Å². The quantitative estimate of drug-likeness (QED) is 0.596. The van der Waals surface area contributed by atoms with Crippen LogP contribution in [0, 0.1) is 24.7 Å². The molecule has 0 bridgehead atoms. The lowest BCUT2D eigenvalue weighted by Gasteiger charge is -2.22. The van der Waals surface area contributed by atoms with Crippen LogP contribution < -0.4 is 9.64 Å². The highest BCUT2D eigenvalue weighted by atomic mass is 16.5. The first kappa shape index (κ1) is 22.9. The molecule has 37 heavy (non-hydrogen) atoms. The minimum Gasteiger partial charge on any atom is -0.457 e. The molecule has 2 aromatic carbocycles. The number of aryl methyl sites for hydroxylation is 1. The Hall–Kier alpha value is -4.52. The van der Waals surface area contributed by atoms with Gasteiger partial charge in [0.2, 0.25) is 11.8 Å². The van der Waals surface area contributed by atoms with Crippen molar-refractivity contribution in [1.29, 1.82) is 0 Å². The van der Waals surface area contributed by atoms with Gasteiger partial charge in [0.05, 0.1) is 17.5 Å². The average molecular weight is 493 g/mol. The molecule has 7 heteroatoms. The fourth-order valence-corrected chi connectivity index (χ4v) is 5.26. The van der Waals surface area contributed by atoms with E-state index in [9.17, 15) is 19.2 Å². The number of carbonyl (C=O) groups is 4. The smallest absolute Gasteiger partial charge is 0.260 e. The molecule has 0 saturated carbocycles. The summed E-state index contributed by atoms with van der Waals surface area (Å²) >= 11 is 0. The van der Waals surface area contributed by atoms with Gasteiger partial charge >= 0.3 is 0 Å². The lowest BCUT2D eigenvalue weighted by atomic mass is 9.80. The number of fused-ring (bicyclic) bond motifs is 2. The molecule has 0 radical (unpaired) electrons. The first-order valence-electron chi connectivity index (χ1n) is 12.2. The maximum atomic E-state index is 13.4. The molecular formula is C30H24N2O5. The zero-order valence-electron chi connectivity index (χ0n) is 20.4. The van der Waals surface area contributed by atoms with Gasteiger partial charge in [-0.1, -0.05) is 48.1 Å². The number of carbonyl (C=O) groups excluding carboxylic acids is 4. The minimum atomic E-state index is -0.608. The number of anilines is 1. The molecule has 0 N–H and O–H groups in total. The summed E-state index contributed by atoms with van der Waals surface area (Å²) in [5.74, 6) is -1.16. The number of likely N-dealkylation sites (N-methyl/N-ethyl adjacent to an activating group) is 1. The van der Waals surface area contributed by atoms with Gasteiger partial charge in [0.15, 0.2) is 0 Å². The van der Waals surface area contributed by atoms with Gasteiger partial charge in [0.25, 0.3) is 11.8 Å². The van der Waals surface area contributed by atoms with Gasteiger partial charge in [-0.05, 0) is 55.3 Å². The third-order valence-electron chi connectivity index (χ3n) is 7.35. The molecule has 2 fully saturated rings. The summed E-state index contributed by atoms with van der Waals surface area (Å²) in [5.41, 5.74) is 3.34. The van der Waals surface area contributed by atoms with Crippen molar-refractivity contribution in [3.8, 4) is 11.5 Å². The Kier molecular flexibility index (Phi) is 5.30. The van der Waals surface area contributed by atoms with E-state index in [2.05, 4.69) is 0 Å². The third-order valence-corrected chi connectivity index (χ3v) is 7.35. The van der Waals surface area contributed by atoms with E-state index in [-0.39, 0.29) is 29.5 Å². The van der Waals surface area contributed by atoms with E-state index in [4.69, 9.17) is 4.74 Å². The van der Waals surface area contributed by atoms with Crippen LogP contribution >= 0.6 is 0 Å². The number of nitrogens with zero attached hydrogens (tertiary/aromatic N) is 2. The van der Waals surface area contributed by atoms with Crippen LogP contribution in [-0.2, 0) is 19.2 Å². The summed E-state index contributed by atoms with van der Waals surface area (Å²) in [5, 5.41) is 0. The van der Waals surface area contributed by atoms with Crippen LogP contribution in [0.1, 0.15) is 12.0 Å². The largest absolute Gasteiger partial charge is 0.457 e. The van der Waals surface area contributed by atoms with Crippen LogP contribution in [0.5, 0.6) is 11.5 Å². The van der Waals surface area contributed by atoms with Crippen LogP contribution in [0.4, 0.5) is 5.69 Å². The molecule has 2 saturated heterocycles. The first-order valence-corrected chi connectivity index (χ1v) is 12.2. The second kappa shape index (κ2) is 8.55. The number of likely N-dealkylation sites (tertiary alicyclic amines) is 1. The number of allylic oxidation sites excluding steroid dienone is 4. The topological polar surface area (TPSA) is 84.0 Å². The Balaban J connectivity index is 1.21. The van der Waals surface area contributed by atoms with Gasteiger partial charge in [0, 0.05) is 24.1 Å². The number of benzene rings is 2. The van der Waals surface area contributed by atoms with Crippen molar-refractivity contribution in [1.82, 2.24) is 4.90 Å². The summed E-state index contributed by atoms with van der Waals surface area (Å²) in [6, 6.07) is 14.6. The monoisotopic (exact) mass is 492 g/mol. The highest BCUT2D eigenvalue weighted by Gasteiger charge is 2.47. The van der Waals surface area contributed by atoms with E-state index >= 15 is 0 Å². The Morgan fingerprint density at radius 2 is 1.41 bits per heavy atom. The molecule has 6 rings (SSSR count). The summed E-state index contributed by atoms with van der Waals surface area (Å²) < 4.78 is 5.86. The predicted molar refractivity (Wildman–Crippen MR) is 136 cm³/mol. The van der Waals surface area contributed by atoms with Gasteiger partial charge in [-0.2, -0.15) is 0 Å². The van der Waals surface area contributed by atoms with E-state index < -0.39 is 11.8 Å². The standard InChI is InChI=1S/C30H24N2O5/c1-17-3-9-21(10-4-17)37-22-11-7-20(8-12-22)32-29(35)24-14-6-19(16-26(24)30(32)36)18-5-13-23-25(15-18)28(34)31(2)27(23)33/h3-4,6-16,18,24,26H,5H2,1-2H3. The van der Waals surface area contributed by atoms with Gasteiger partial charge in [-0.3, -0.25) is 24.1 Å². The van der Waals surface area contributed by atoms with Gasteiger partial charge in [-0.15, -0.1) is 0 Å². The molecule has 0 spiro atoms. The van der Waals surface area contributed by atoms with E-state index in [1.807, 2.05) is 43.3 Å². The Bertz CT molecular complexity index is 1480. The molecule has 3 unspecified atom stereocenters. The van der Waals surface area contributed by atoms with E-state index in [1.54, 1.807) is 42.5 Å². The van der Waals surface area contributed by atoms with Crippen LogP contribution in [0.2, 0.25) is 0 Å². The molecule has 2 aliphatic heterocycles. The normalized spacial score (nSPS) is 24.6. The number of amides is 4. The minimum absolute atomic E-state index is 0.144. The highest BCUT2D eigenvalue weighted by Crippen LogP contribution is 2.41. The molecule has 4 aliphatic rings. The van der Waals surface area contributed by atoms with Gasteiger partial charge < -0.3 is 4.74 Å². The summed E-state index contributed by atoms with van der Waals surface area (Å²) in [6.07, 6.45) is 9.62. The van der Waals surface area contributed by atoms with E-state index in [1.165, 1.54) is 11.9 Å². The molecular weight excluding hydrogens is 468 g/mol. The van der Waals surface area contributed by atoms with E-state index in [0.717, 1.165) is 16.0 Å². The number of imide groups is 2. The van der Waals surface area contributed by atoms with Crippen molar-refractivity contribution in [2.45, 2.75) is 13.3 Å². The van der Waals surface area contributed by atoms with Crippen molar-refractivity contribution >= 4 is 29.3 Å². The molecule has 2 aliphatic carbocycles. The van der Waals surface area contributed by atoms with Crippen LogP contribution in [0.3, 0.4) is 0 Å². The third kappa shape index (κ3) is 3.74. The second-order valence-corrected chi connectivity index (χ2v) is 9.71. The zero-order chi connectivity index (χ0) is 25.8. The predicted octanol–water partition coefficient (Wildman–Crippen LogP) is 4.26. The van der Waals surface area contributed by atoms with Crippen molar-refractivity contribution < 1.29 is 23.9 Å². The maximum Gasteiger partial charge on any atom is 0.260 e. The molecule has 184 valence electrons.